The van der Waals surface area contributed by atoms with E-state index in [4.69, 9.17) is 0 Å². The number of aliphatic hydroxyl groups excluding tert-OH is 1. The van der Waals surface area contributed by atoms with Crippen molar-refractivity contribution in [3.63, 3.8) is 0 Å². The summed E-state index contributed by atoms with van der Waals surface area (Å²) in [5.74, 6) is -1.45. The van der Waals surface area contributed by atoms with Crippen molar-refractivity contribution in [2.75, 3.05) is 20.1 Å². The number of nitrogens with zero attached hydrogens (tertiary/aromatic N) is 3. The zero-order chi connectivity index (χ0) is 35.6. The lowest BCUT2D eigenvalue weighted by Gasteiger charge is -2.42. The summed E-state index contributed by atoms with van der Waals surface area (Å²) in [5, 5.41) is 18.6. The number of urea groups is 1. The predicted molar refractivity (Wildman–Crippen MR) is 196 cm³/mol. The van der Waals surface area contributed by atoms with Gasteiger partial charge in [-0.3, -0.25) is 14.6 Å². The summed E-state index contributed by atoms with van der Waals surface area (Å²) in [7, 11) is 1.66. The molecule has 9 nitrogen and oxygen atoms in total. The molecular weight excluding hydrogens is 635 g/mol. The fourth-order valence-corrected chi connectivity index (χ4v) is 7.43. The number of Topliss-reactive ketones (excluding diaryl/α,β-unsaturated/α-hetero) is 1. The second-order valence-electron chi connectivity index (χ2n) is 14.3. The Morgan fingerprint density at radius 1 is 1.00 bits per heavy atom. The molecule has 1 aliphatic rings. The molecule has 1 aromatic heterocycles. The Morgan fingerprint density at radius 3 is 2.27 bits per heavy atom. The number of rotatable bonds is 14. The molecule has 4 rings (SSSR count). The molecule has 0 spiro atoms. The second-order valence-corrected chi connectivity index (χ2v) is 15.7. The smallest absolute Gasteiger partial charge is 0.318 e. The molecule has 0 bridgehead atoms. The molecule has 3 amide bonds. The zero-order valence-electron chi connectivity index (χ0n) is 29.7. The van der Waals surface area contributed by atoms with Crippen LogP contribution in [0.25, 0.3) is 0 Å². The lowest BCUT2D eigenvalue weighted by Crippen LogP contribution is -2.59. The highest BCUT2D eigenvalue weighted by atomic mass is 32.2. The van der Waals surface area contributed by atoms with E-state index < -0.39 is 35.7 Å². The number of thioether (sulfide) groups is 1. The van der Waals surface area contributed by atoms with Gasteiger partial charge in [0.15, 0.2) is 5.78 Å². The van der Waals surface area contributed by atoms with E-state index in [1.54, 1.807) is 29.9 Å². The molecular formula is C39H53N5O4S. The third kappa shape index (κ3) is 11.1. The molecule has 0 saturated carbocycles. The molecule has 264 valence electrons. The van der Waals surface area contributed by atoms with E-state index in [9.17, 15) is 19.5 Å². The number of hydrogen-bond donors (Lipinski definition) is 3. The fourth-order valence-electron chi connectivity index (χ4n) is 6.21. The average molecular weight is 688 g/mol. The van der Waals surface area contributed by atoms with E-state index in [-0.39, 0.29) is 42.4 Å². The fraction of sp³-hybridized carbons (Fsp3) is 0.487. The van der Waals surface area contributed by atoms with Crippen LogP contribution in [-0.4, -0.2) is 86.7 Å². The summed E-state index contributed by atoms with van der Waals surface area (Å²) < 4.78 is 0. The molecule has 5 atom stereocenters. The monoisotopic (exact) mass is 687 g/mol. The van der Waals surface area contributed by atoms with Crippen LogP contribution in [0.3, 0.4) is 0 Å². The van der Waals surface area contributed by atoms with Gasteiger partial charge < -0.3 is 25.5 Å². The summed E-state index contributed by atoms with van der Waals surface area (Å²) in [6, 6.07) is 23.7. The number of aromatic nitrogens is 1. The van der Waals surface area contributed by atoms with Crippen LogP contribution in [0.4, 0.5) is 4.79 Å². The van der Waals surface area contributed by atoms with E-state index >= 15 is 0 Å². The van der Waals surface area contributed by atoms with E-state index in [2.05, 4.69) is 27.8 Å². The van der Waals surface area contributed by atoms with Crippen molar-refractivity contribution >= 4 is 29.5 Å². The standard InChI is InChI=1S/C39H53N5O4S/c1-27(2)35(42-38(48)43(6)25-29-17-13-14-21-40-29)36(46)32(23-28-15-9-7-10-16-28)34(45)26-44(39(3,4)5)37(47)33-24-31(20-22-41-33)49-30-18-11-8-12-19-30/h7-19,21,27,31-35,41,45H,20,22-26H2,1-6H3,(H,42,48)/t31-,32+,33+,34+,35+/m1/s1. The molecule has 0 unspecified atom stereocenters. The van der Waals surface area contributed by atoms with Gasteiger partial charge in [-0.1, -0.05) is 68.4 Å². The van der Waals surface area contributed by atoms with Gasteiger partial charge in [-0.15, -0.1) is 11.8 Å². The molecule has 2 heterocycles. The number of benzene rings is 2. The first-order chi connectivity index (χ1) is 23.3. The summed E-state index contributed by atoms with van der Waals surface area (Å²) in [6.07, 6.45) is 2.40. The number of β-amino-alcohol motifs (C(OH)–C–C–N with tert-alkyl or cyclic N) is 1. The summed E-state index contributed by atoms with van der Waals surface area (Å²) in [5.41, 5.74) is 1.01. The maximum atomic E-state index is 14.4. The van der Waals surface area contributed by atoms with Gasteiger partial charge in [-0.05, 0) is 82.3 Å². The van der Waals surface area contributed by atoms with Crippen LogP contribution in [0.1, 0.15) is 58.7 Å². The topological polar surface area (TPSA) is 115 Å². The maximum Gasteiger partial charge on any atom is 0.318 e. The van der Waals surface area contributed by atoms with E-state index in [0.29, 0.717) is 6.42 Å². The van der Waals surface area contributed by atoms with Crippen molar-refractivity contribution < 1.29 is 19.5 Å². The Morgan fingerprint density at radius 2 is 1.65 bits per heavy atom. The van der Waals surface area contributed by atoms with Crippen LogP contribution >= 0.6 is 11.8 Å². The summed E-state index contributed by atoms with van der Waals surface area (Å²) >= 11 is 1.80. The number of carbonyl (C=O) groups is 3. The first-order valence-electron chi connectivity index (χ1n) is 17.3. The van der Waals surface area contributed by atoms with Crippen LogP contribution in [0, 0.1) is 11.8 Å². The SMILES string of the molecule is CC(C)[C@H](NC(=O)N(C)Cc1ccccn1)C(=O)[C@@H](Cc1ccccc1)[C@@H](O)CN(C(=O)[C@@H]1C[C@H](Sc2ccccc2)CCN1)C(C)(C)C. The van der Waals surface area contributed by atoms with Gasteiger partial charge in [0.1, 0.15) is 0 Å². The van der Waals surface area contributed by atoms with Gasteiger partial charge in [-0.2, -0.15) is 0 Å². The highest BCUT2D eigenvalue weighted by Crippen LogP contribution is 2.31. The number of carbonyl (C=O) groups excluding carboxylic acids is 3. The van der Waals surface area contributed by atoms with Crippen molar-refractivity contribution in [3.8, 4) is 0 Å². The Bertz CT molecular complexity index is 1490. The van der Waals surface area contributed by atoms with E-state index in [1.165, 1.54) is 9.80 Å². The quantitative estimate of drug-likeness (QED) is 0.203. The van der Waals surface area contributed by atoms with Crippen LogP contribution in [0.5, 0.6) is 0 Å². The normalized spacial score (nSPS) is 18.3. The second kappa shape index (κ2) is 17.8. The van der Waals surface area contributed by atoms with Crippen LogP contribution < -0.4 is 10.6 Å². The summed E-state index contributed by atoms with van der Waals surface area (Å²) in [6.45, 7) is 10.6. The van der Waals surface area contributed by atoms with Crippen molar-refractivity contribution in [3.05, 3.63) is 96.3 Å². The highest BCUT2D eigenvalue weighted by Gasteiger charge is 2.40. The molecule has 2 aromatic carbocycles. The van der Waals surface area contributed by atoms with Crippen LogP contribution in [0.2, 0.25) is 0 Å². The summed E-state index contributed by atoms with van der Waals surface area (Å²) in [4.78, 5) is 50.7. The minimum atomic E-state index is -1.17. The third-order valence-electron chi connectivity index (χ3n) is 9.00. The molecule has 49 heavy (non-hydrogen) atoms. The number of hydrogen-bond acceptors (Lipinski definition) is 7. The Hall–Kier alpha value is -3.73. The first kappa shape index (κ1) is 38.1. The van der Waals surface area contributed by atoms with E-state index in [1.807, 2.05) is 101 Å². The third-order valence-corrected chi connectivity index (χ3v) is 10.3. The van der Waals surface area contributed by atoms with Gasteiger partial charge >= 0.3 is 6.03 Å². The highest BCUT2D eigenvalue weighted by molar-refractivity contribution is 8.00. The van der Waals surface area contributed by atoms with E-state index in [0.717, 1.165) is 24.2 Å². The van der Waals surface area contributed by atoms with Crippen LogP contribution in [-0.2, 0) is 22.6 Å². The lowest BCUT2D eigenvalue weighted by molar-refractivity contribution is -0.143. The number of amides is 3. The van der Waals surface area contributed by atoms with Gasteiger partial charge in [0.25, 0.3) is 0 Å². The molecule has 3 aromatic rings. The molecule has 10 heteroatoms. The minimum Gasteiger partial charge on any atom is -0.391 e. The van der Waals surface area contributed by atoms with Crippen molar-refractivity contribution in [1.82, 2.24) is 25.4 Å². The predicted octanol–water partition coefficient (Wildman–Crippen LogP) is 5.58. The zero-order valence-corrected chi connectivity index (χ0v) is 30.5. The number of nitrogens with one attached hydrogen (secondary N) is 2. The molecule has 0 radical (unpaired) electrons. The Labute approximate surface area is 296 Å². The van der Waals surface area contributed by atoms with Gasteiger partial charge in [0.05, 0.1) is 36.3 Å². The minimum absolute atomic E-state index is 0.0153. The molecule has 3 N–H and O–H groups in total. The number of aliphatic hydroxyl groups is 1. The average Bonchev–Trinajstić information content (AvgIpc) is 3.08. The van der Waals surface area contributed by atoms with Gasteiger partial charge in [-0.25, -0.2) is 4.79 Å². The number of piperidine rings is 1. The van der Waals surface area contributed by atoms with Crippen molar-refractivity contribution in [2.24, 2.45) is 11.8 Å². The first-order valence-corrected chi connectivity index (χ1v) is 18.1. The van der Waals surface area contributed by atoms with Gasteiger partial charge in [0, 0.05) is 35.5 Å². The number of pyridine rings is 1. The maximum absolute atomic E-state index is 14.4. The van der Waals surface area contributed by atoms with Gasteiger partial charge in [0.2, 0.25) is 5.91 Å². The Balaban J connectivity index is 1.53. The number of ketones is 1. The largest absolute Gasteiger partial charge is 0.391 e. The molecule has 1 saturated heterocycles. The molecule has 1 fully saturated rings. The molecule has 0 aliphatic carbocycles. The molecule has 1 aliphatic heterocycles. The van der Waals surface area contributed by atoms with Crippen LogP contribution in [0.15, 0.2) is 90.0 Å². The lowest BCUT2D eigenvalue weighted by atomic mass is 9.83. The Kier molecular flexibility index (Phi) is 13.8. The van der Waals surface area contributed by atoms with Crippen molar-refractivity contribution in [2.45, 2.75) is 94.3 Å². The van der Waals surface area contributed by atoms with Crippen molar-refractivity contribution in [1.29, 1.82) is 0 Å².